The van der Waals surface area contributed by atoms with Gasteiger partial charge in [0.25, 0.3) is 5.56 Å². The maximum absolute atomic E-state index is 12.7. The first-order chi connectivity index (χ1) is 14.3. The van der Waals surface area contributed by atoms with Crippen molar-refractivity contribution in [2.75, 3.05) is 7.11 Å². The highest BCUT2D eigenvalue weighted by Gasteiger charge is 2.15. The van der Waals surface area contributed by atoms with E-state index in [9.17, 15) is 9.59 Å². The van der Waals surface area contributed by atoms with Gasteiger partial charge in [0.05, 0.1) is 36.5 Å². The number of nitrogens with one attached hydrogen (secondary N) is 1. The molecule has 7 nitrogen and oxygen atoms in total. The zero-order valence-corrected chi connectivity index (χ0v) is 18.9. The second-order valence-electron chi connectivity index (χ2n) is 7.21. The van der Waals surface area contributed by atoms with Crippen LogP contribution in [0.3, 0.4) is 0 Å². The fourth-order valence-corrected chi connectivity index (χ4v) is 3.43. The Bertz CT molecular complexity index is 1130. The van der Waals surface area contributed by atoms with Gasteiger partial charge in [0.15, 0.2) is 11.5 Å². The van der Waals surface area contributed by atoms with Crippen molar-refractivity contribution in [2.45, 2.75) is 39.5 Å². The number of fused-ring (bicyclic) bond motifs is 1. The number of rotatable bonds is 7. The summed E-state index contributed by atoms with van der Waals surface area (Å²) < 4.78 is 13.2. The first-order valence-corrected chi connectivity index (χ1v) is 10.4. The number of hydrogen-bond donors (Lipinski definition) is 1. The quantitative estimate of drug-likeness (QED) is 0.563. The molecule has 0 spiro atoms. The average molecular weight is 474 g/mol. The third kappa shape index (κ3) is 4.99. The van der Waals surface area contributed by atoms with E-state index in [0.29, 0.717) is 22.4 Å². The SMILES string of the molecule is COc1cc(C(C)NC(=O)Cn2cnc3ccc(Br)cc3c2=O)ccc1OC(C)C. The van der Waals surface area contributed by atoms with Crippen LogP contribution in [0.5, 0.6) is 11.5 Å². The Morgan fingerprint density at radius 1 is 1.17 bits per heavy atom. The van der Waals surface area contributed by atoms with Crippen molar-refractivity contribution in [1.29, 1.82) is 0 Å². The van der Waals surface area contributed by atoms with Crippen LogP contribution in [0.1, 0.15) is 32.4 Å². The molecule has 1 aromatic heterocycles. The third-order valence-electron chi connectivity index (χ3n) is 4.53. The van der Waals surface area contributed by atoms with Crippen molar-refractivity contribution in [3.05, 3.63) is 63.1 Å². The first-order valence-electron chi connectivity index (χ1n) is 9.57. The van der Waals surface area contributed by atoms with Crippen molar-refractivity contribution in [3.8, 4) is 11.5 Å². The number of carbonyl (C=O) groups excluding carboxylic acids is 1. The molecule has 30 heavy (non-hydrogen) atoms. The second-order valence-corrected chi connectivity index (χ2v) is 8.12. The predicted molar refractivity (Wildman–Crippen MR) is 119 cm³/mol. The summed E-state index contributed by atoms with van der Waals surface area (Å²) in [6.45, 7) is 5.63. The molecular weight excluding hydrogens is 450 g/mol. The monoisotopic (exact) mass is 473 g/mol. The van der Waals surface area contributed by atoms with Crippen LogP contribution in [-0.4, -0.2) is 28.7 Å². The van der Waals surface area contributed by atoms with Crippen LogP contribution >= 0.6 is 15.9 Å². The fourth-order valence-electron chi connectivity index (χ4n) is 3.07. The van der Waals surface area contributed by atoms with E-state index in [-0.39, 0.29) is 30.2 Å². The molecule has 3 aromatic rings. The normalized spacial score (nSPS) is 12.1. The molecule has 1 amide bonds. The number of benzene rings is 2. The van der Waals surface area contributed by atoms with Gasteiger partial charge in [-0.25, -0.2) is 4.98 Å². The Morgan fingerprint density at radius 3 is 2.63 bits per heavy atom. The Labute approximate surface area is 183 Å². The van der Waals surface area contributed by atoms with Crippen molar-refractivity contribution in [2.24, 2.45) is 0 Å². The van der Waals surface area contributed by atoms with Gasteiger partial charge in [0.2, 0.25) is 5.91 Å². The lowest BCUT2D eigenvalue weighted by Crippen LogP contribution is -2.34. The van der Waals surface area contributed by atoms with E-state index in [1.807, 2.05) is 45.0 Å². The highest BCUT2D eigenvalue weighted by Crippen LogP contribution is 2.31. The lowest BCUT2D eigenvalue weighted by atomic mass is 10.1. The molecule has 1 N–H and O–H groups in total. The Morgan fingerprint density at radius 2 is 1.93 bits per heavy atom. The molecule has 0 saturated heterocycles. The number of aromatic nitrogens is 2. The van der Waals surface area contributed by atoms with Crippen LogP contribution in [-0.2, 0) is 11.3 Å². The van der Waals surface area contributed by atoms with Gasteiger partial charge >= 0.3 is 0 Å². The molecule has 0 radical (unpaired) electrons. The molecule has 1 heterocycles. The first kappa shape index (κ1) is 21.8. The number of methoxy groups -OCH3 is 1. The van der Waals surface area contributed by atoms with E-state index in [4.69, 9.17) is 9.47 Å². The highest BCUT2D eigenvalue weighted by atomic mass is 79.9. The molecule has 0 fully saturated rings. The fraction of sp³-hybridized carbons (Fsp3) is 0.318. The summed E-state index contributed by atoms with van der Waals surface area (Å²) in [6, 6.07) is 10.5. The maximum Gasteiger partial charge on any atom is 0.261 e. The van der Waals surface area contributed by atoms with E-state index >= 15 is 0 Å². The second kappa shape index (κ2) is 9.30. The van der Waals surface area contributed by atoms with Gasteiger partial charge in [0.1, 0.15) is 6.54 Å². The van der Waals surface area contributed by atoms with E-state index in [1.54, 1.807) is 19.2 Å². The molecule has 2 aromatic carbocycles. The number of carbonyl (C=O) groups is 1. The molecule has 0 aliphatic rings. The Kier molecular flexibility index (Phi) is 6.77. The topological polar surface area (TPSA) is 82.5 Å². The van der Waals surface area contributed by atoms with Crippen molar-refractivity contribution < 1.29 is 14.3 Å². The van der Waals surface area contributed by atoms with E-state index in [2.05, 4.69) is 26.2 Å². The number of amides is 1. The summed E-state index contributed by atoms with van der Waals surface area (Å²) in [5.41, 5.74) is 1.19. The van der Waals surface area contributed by atoms with Crippen LogP contribution in [0.4, 0.5) is 0 Å². The van der Waals surface area contributed by atoms with Crippen LogP contribution < -0.4 is 20.3 Å². The minimum Gasteiger partial charge on any atom is -0.493 e. The number of hydrogen-bond acceptors (Lipinski definition) is 5. The maximum atomic E-state index is 12.7. The van der Waals surface area contributed by atoms with E-state index in [0.717, 1.165) is 10.0 Å². The van der Waals surface area contributed by atoms with E-state index < -0.39 is 0 Å². The minimum absolute atomic E-state index is 0.0244. The van der Waals surface area contributed by atoms with Crippen molar-refractivity contribution in [1.82, 2.24) is 14.9 Å². The summed E-state index contributed by atoms with van der Waals surface area (Å²) in [5.74, 6) is 0.958. The molecule has 1 unspecified atom stereocenters. The van der Waals surface area contributed by atoms with Crippen molar-refractivity contribution >= 4 is 32.7 Å². The predicted octanol–water partition coefficient (Wildman–Crippen LogP) is 3.83. The standard InChI is InChI=1S/C22H24BrN3O4/c1-13(2)30-19-8-5-15(9-20(19)29-4)14(3)25-21(27)11-26-12-24-18-7-6-16(23)10-17(18)22(26)28/h5-10,12-14H,11H2,1-4H3,(H,25,27). The summed E-state index contributed by atoms with van der Waals surface area (Å²) in [5, 5.41) is 3.37. The number of ether oxygens (including phenoxy) is 2. The van der Waals surface area contributed by atoms with Gasteiger partial charge in [-0.3, -0.25) is 14.2 Å². The molecule has 0 aliphatic heterocycles. The molecule has 0 bridgehead atoms. The Hall–Kier alpha value is -2.87. The lowest BCUT2D eigenvalue weighted by Gasteiger charge is -2.18. The van der Waals surface area contributed by atoms with Gasteiger partial charge in [0, 0.05) is 4.47 Å². The molecule has 3 rings (SSSR count). The molecular formula is C22H24BrN3O4. The van der Waals surface area contributed by atoms with Crippen LogP contribution in [0, 0.1) is 0 Å². The van der Waals surface area contributed by atoms with Gasteiger partial charge in [-0.05, 0) is 56.7 Å². The zero-order valence-electron chi connectivity index (χ0n) is 17.3. The smallest absolute Gasteiger partial charge is 0.261 e. The van der Waals surface area contributed by atoms with Gasteiger partial charge in [-0.2, -0.15) is 0 Å². The van der Waals surface area contributed by atoms with Gasteiger partial charge in [-0.15, -0.1) is 0 Å². The molecule has 158 valence electrons. The van der Waals surface area contributed by atoms with Gasteiger partial charge < -0.3 is 14.8 Å². The summed E-state index contributed by atoms with van der Waals surface area (Å²) in [6.07, 6.45) is 1.42. The Balaban J connectivity index is 1.74. The summed E-state index contributed by atoms with van der Waals surface area (Å²) in [4.78, 5) is 29.5. The van der Waals surface area contributed by atoms with Gasteiger partial charge in [-0.1, -0.05) is 22.0 Å². The zero-order chi connectivity index (χ0) is 21.8. The molecule has 0 aliphatic carbocycles. The average Bonchev–Trinajstić information content (AvgIpc) is 2.70. The van der Waals surface area contributed by atoms with E-state index in [1.165, 1.54) is 10.9 Å². The highest BCUT2D eigenvalue weighted by molar-refractivity contribution is 9.10. The molecule has 8 heteroatoms. The number of halogens is 1. The largest absolute Gasteiger partial charge is 0.493 e. The van der Waals surface area contributed by atoms with Crippen LogP contribution in [0.25, 0.3) is 10.9 Å². The minimum atomic E-state index is -0.290. The summed E-state index contributed by atoms with van der Waals surface area (Å²) in [7, 11) is 1.58. The lowest BCUT2D eigenvalue weighted by molar-refractivity contribution is -0.122. The number of nitrogens with zero attached hydrogens (tertiary/aromatic N) is 2. The molecule has 1 atom stereocenters. The van der Waals surface area contributed by atoms with Crippen LogP contribution in [0.2, 0.25) is 0 Å². The molecule has 0 saturated carbocycles. The summed E-state index contributed by atoms with van der Waals surface area (Å²) >= 11 is 3.36. The third-order valence-corrected chi connectivity index (χ3v) is 5.02. The van der Waals surface area contributed by atoms with Crippen molar-refractivity contribution in [3.63, 3.8) is 0 Å². The van der Waals surface area contributed by atoms with Crippen LogP contribution in [0.15, 0.2) is 52.0 Å².